The van der Waals surface area contributed by atoms with Crippen molar-refractivity contribution in [1.29, 1.82) is 0 Å². The first-order valence-electron chi connectivity index (χ1n) is 9.13. The molecule has 1 aromatic heterocycles. The van der Waals surface area contributed by atoms with Gasteiger partial charge in [-0.3, -0.25) is 4.79 Å². The molecule has 1 unspecified atom stereocenters. The number of hydrogen-bond donors (Lipinski definition) is 1. The first-order valence-corrected chi connectivity index (χ1v) is 9.13. The van der Waals surface area contributed by atoms with Gasteiger partial charge in [-0.05, 0) is 56.6 Å². The zero-order valence-corrected chi connectivity index (χ0v) is 15.1. The third kappa shape index (κ3) is 5.78. The lowest BCUT2D eigenvalue weighted by Crippen LogP contribution is -2.35. The normalized spacial score (nSPS) is 22.0. The third-order valence-electron chi connectivity index (χ3n) is 4.55. The molecule has 0 spiro atoms. The number of aromatic nitrogens is 1. The number of ether oxygens (including phenoxy) is 2. The molecule has 0 aromatic carbocycles. The van der Waals surface area contributed by atoms with Gasteiger partial charge in [0, 0.05) is 25.4 Å². The molecule has 0 bridgehead atoms. The number of amides is 1. The summed E-state index contributed by atoms with van der Waals surface area (Å²) in [7, 11) is 0. The van der Waals surface area contributed by atoms with Crippen LogP contribution < -0.4 is 10.1 Å². The van der Waals surface area contributed by atoms with Crippen LogP contribution >= 0.6 is 0 Å². The van der Waals surface area contributed by atoms with Crippen LogP contribution in [-0.4, -0.2) is 29.7 Å². The molecule has 0 aliphatic heterocycles. The molecule has 1 N–H and O–H groups in total. The molecule has 24 heavy (non-hydrogen) atoms. The average Bonchev–Trinajstić information content (AvgIpc) is 2.60. The molecule has 1 aliphatic rings. The second-order valence-corrected chi connectivity index (χ2v) is 6.57. The van der Waals surface area contributed by atoms with E-state index in [-0.39, 0.29) is 18.1 Å². The standard InChI is InChI=1S/C19H30N2O3/c1-4-17(23-5-2)19(22)21-13-15-10-11-20-18(12-15)24-16-8-6-14(3)7-9-16/h10-12,14,16-17H,4-9,13H2,1-3H3,(H,21,22). The minimum absolute atomic E-state index is 0.0695. The maximum atomic E-state index is 12.1. The smallest absolute Gasteiger partial charge is 0.249 e. The molecule has 1 aromatic rings. The Bertz CT molecular complexity index is 513. The second-order valence-electron chi connectivity index (χ2n) is 6.57. The fourth-order valence-corrected chi connectivity index (χ4v) is 3.03. The molecular weight excluding hydrogens is 304 g/mol. The van der Waals surface area contributed by atoms with Crippen molar-refractivity contribution in [2.45, 2.75) is 71.6 Å². The van der Waals surface area contributed by atoms with E-state index >= 15 is 0 Å². The molecule has 5 nitrogen and oxygen atoms in total. The maximum absolute atomic E-state index is 12.1. The summed E-state index contributed by atoms with van der Waals surface area (Å²) in [6.07, 6.45) is 6.92. The van der Waals surface area contributed by atoms with E-state index in [0.29, 0.717) is 25.5 Å². The lowest BCUT2D eigenvalue weighted by Gasteiger charge is -2.26. The topological polar surface area (TPSA) is 60.5 Å². The van der Waals surface area contributed by atoms with Crippen molar-refractivity contribution in [2.75, 3.05) is 6.61 Å². The molecule has 2 rings (SSSR count). The predicted octanol–water partition coefficient (Wildman–Crippen LogP) is 3.47. The van der Waals surface area contributed by atoms with E-state index in [1.165, 1.54) is 12.8 Å². The fourth-order valence-electron chi connectivity index (χ4n) is 3.03. The number of pyridine rings is 1. The monoisotopic (exact) mass is 334 g/mol. The van der Waals surface area contributed by atoms with Crippen molar-refractivity contribution in [2.24, 2.45) is 5.92 Å². The van der Waals surface area contributed by atoms with Crippen LogP contribution in [0.2, 0.25) is 0 Å². The van der Waals surface area contributed by atoms with E-state index in [1.54, 1.807) is 6.20 Å². The van der Waals surface area contributed by atoms with Crippen molar-refractivity contribution in [3.05, 3.63) is 23.9 Å². The average molecular weight is 334 g/mol. The van der Waals surface area contributed by atoms with E-state index in [4.69, 9.17) is 9.47 Å². The Morgan fingerprint density at radius 1 is 1.33 bits per heavy atom. The number of hydrogen-bond acceptors (Lipinski definition) is 4. The summed E-state index contributed by atoms with van der Waals surface area (Å²) in [5.41, 5.74) is 0.990. The molecule has 1 fully saturated rings. The van der Waals surface area contributed by atoms with Crippen LogP contribution in [0.3, 0.4) is 0 Å². The van der Waals surface area contributed by atoms with Gasteiger partial charge in [0.05, 0.1) is 0 Å². The molecule has 1 atom stereocenters. The maximum Gasteiger partial charge on any atom is 0.249 e. The highest BCUT2D eigenvalue weighted by molar-refractivity contribution is 5.80. The van der Waals surface area contributed by atoms with Gasteiger partial charge in [0.1, 0.15) is 12.2 Å². The van der Waals surface area contributed by atoms with Crippen molar-refractivity contribution in [3.63, 3.8) is 0 Å². The van der Waals surface area contributed by atoms with Crippen molar-refractivity contribution in [1.82, 2.24) is 10.3 Å². The summed E-state index contributed by atoms with van der Waals surface area (Å²) in [5, 5.41) is 2.92. The number of nitrogens with zero attached hydrogens (tertiary/aromatic N) is 1. The highest BCUT2D eigenvalue weighted by Crippen LogP contribution is 2.26. The Morgan fingerprint density at radius 3 is 2.75 bits per heavy atom. The minimum Gasteiger partial charge on any atom is -0.474 e. The molecular formula is C19H30N2O3. The molecule has 5 heteroatoms. The Hall–Kier alpha value is -1.62. The van der Waals surface area contributed by atoms with Gasteiger partial charge in [-0.1, -0.05) is 13.8 Å². The predicted molar refractivity (Wildman–Crippen MR) is 93.8 cm³/mol. The third-order valence-corrected chi connectivity index (χ3v) is 4.55. The van der Waals surface area contributed by atoms with Crippen LogP contribution in [0.15, 0.2) is 18.3 Å². The van der Waals surface area contributed by atoms with Crippen LogP contribution in [0.4, 0.5) is 0 Å². The summed E-state index contributed by atoms with van der Waals surface area (Å²) in [4.78, 5) is 16.4. The summed E-state index contributed by atoms with van der Waals surface area (Å²) < 4.78 is 11.4. The van der Waals surface area contributed by atoms with Gasteiger partial charge < -0.3 is 14.8 Å². The molecule has 1 heterocycles. The lowest BCUT2D eigenvalue weighted by molar-refractivity contribution is -0.132. The van der Waals surface area contributed by atoms with Crippen LogP contribution in [0.5, 0.6) is 5.88 Å². The zero-order valence-electron chi connectivity index (χ0n) is 15.1. The summed E-state index contributed by atoms with van der Waals surface area (Å²) in [6, 6.07) is 3.82. The summed E-state index contributed by atoms with van der Waals surface area (Å²) in [6.45, 7) is 7.14. The lowest BCUT2D eigenvalue weighted by atomic mass is 9.89. The highest BCUT2D eigenvalue weighted by Gasteiger charge is 2.20. The van der Waals surface area contributed by atoms with Gasteiger partial charge in [-0.15, -0.1) is 0 Å². The number of carbonyl (C=O) groups excluding carboxylic acids is 1. The largest absolute Gasteiger partial charge is 0.474 e. The van der Waals surface area contributed by atoms with Gasteiger partial charge in [-0.25, -0.2) is 4.98 Å². The Balaban J connectivity index is 1.85. The molecule has 134 valence electrons. The van der Waals surface area contributed by atoms with E-state index in [2.05, 4.69) is 17.2 Å². The SMILES string of the molecule is CCOC(CC)C(=O)NCc1ccnc(OC2CCC(C)CC2)c1. The Kier molecular flexibility index (Phi) is 7.50. The zero-order chi connectivity index (χ0) is 17.4. The first-order chi connectivity index (χ1) is 11.6. The number of nitrogens with one attached hydrogen (secondary N) is 1. The van der Waals surface area contributed by atoms with E-state index in [1.807, 2.05) is 26.0 Å². The fraction of sp³-hybridized carbons (Fsp3) is 0.684. The minimum atomic E-state index is -0.378. The Labute approximate surface area is 145 Å². The van der Waals surface area contributed by atoms with Gasteiger partial charge in [0.2, 0.25) is 11.8 Å². The summed E-state index contributed by atoms with van der Waals surface area (Å²) >= 11 is 0. The van der Waals surface area contributed by atoms with Gasteiger partial charge in [-0.2, -0.15) is 0 Å². The van der Waals surface area contributed by atoms with E-state index in [0.717, 1.165) is 24.3 Å². The second kappa shape index (κ2) is 9.62. The molecule has 0 saturated heterocycles. The van der Waals surface area contributed by atoms with E-state index < -0.39 is 0 Å². The number of rotatable bonds is 8. The van der Waals surface area contributed by atoms with Crippen LogP contribution in [0.1, 0.15) is 58.4 Å². The van der Waals surface area contributed by atoms with Crippen LogP contribution in [0, 0.1) is 5.92 Å². The van der Waals surface area contributed by atoms with Crippen molar-refractivity contribution >= 4 is 5.91 Å². The molecule has 1 aliphatic carbocycles. The Morgan fingerprint density at radius 2 is 2.08 bits per heavy atom. The van der Waals surface area contributed by atoms with Crippen molar-refractivity contribution < 1.29 is 14.3 Å². The quantitative estimate of drug-likeness (QED) is 0.791. The summed E-state index contributed by atoms with van der Waals surface area (Å²) in [5.74, 6) is 1.38. The first kappa shape index (κ1) is 18.7. The molecule has 1 saturated carbocycles. The van der Waals surface area contributed by atoms with Gasteiger partial charge >= 0.3 is 0 Å². The van der Waals surface area contributed by atoms with Crippen LogP contribution in [-0.2, 0) is 16.1 Å². The van der Waals surface area contributed by atoms with Crippen LogP contribution in [0.25, 0.3) is 0 Å². The molecule has 1 amide bonds. The number of carbonyl (C=O) groups is 1. The van der Waals surface area contributed by atoms with E-state index in [9.17, 15) is 4.79 Å². The van der Waals surface area contributed by atoms with Gasteiger partial charge in [0.25, 0.3) is 0 Å². The van der Waals surface area contributed by atoms with Crippen molar-refractivity contribution in [3.8, 4) is 5.88 Å². The van der Waals surface area contributed by atoms with Gasteiger partial charge in [0.15, 0.2) is 0 Å². The highest BCUT2D eigenvalue weighted by atomic mass is 16.5. The molecule has 0 radical (unpaired) electrons.